The molecule has 1 fully saturated rings. The third kappa shape index (κ3) is 4.71. The van der Waals surface area contributed by atoms with Gasteiger partial charge in [0.15, 0.2) is 0 Å². The summed E-state index contributed by atoms with van der Waals surface area (Å²) in [6, 6.07) is 11.4. The second kappa shape index (κ2) is 9.46. The number of nitrogens with one attached hydrogen (secondary N) is 3. The van der Waals surface area contributed by atoms with Gasteiger partial charge in [-0.1, -0.05) is 12.1 Å². The number of aromatic nitrogens is 2. The number of carbonyl (C=O) groups is 1. The van der Waals surface area contributed by atoms with E-state index in [9.17, 15) is 9.59 Å². The molecule has 1 aromatic carbocycles. The zero-order chi connectivity index (χ0) is 22.8. The van der Waals surface area contributed by atoms with E-state index in [1.165, 1.54) is 16.2 Å². The van der Waals surface area contributed by atoms with Gasteiger partial charge in [-0.15, -0.1) is 22.7 Å². The van der Waals surface area contributed by atoms with Gasteiger partial charge in [0.2, 0.25) is 0 Å². The SMILES string of the molecule is Cc1ccc(-c2csc3nc(CNc4ccccc4C(=O)NCC4CCCO4)[nH]c(=O)c23)s1. The first-order valence-electron chi connectivity index (χ1n) is 10.9. The first-order valence-corrected chi connectivity index (χ1v) is 12.6. The predicted octanol–water partition coefficient (Wildman–Crippen LogP) is 4.54. The zero-order valence-electron chi connectivity index (χ0n) is 18.1. The first-order chi connectivity index (χ1) is 16.1. The minimum absolute atomic E-state index is 0.0869. The van der Waals surface area contributed by atoms with Gasteiger partial charge < -0.3 is 20.4 Å². The molecule has 1 aliphatic rings. The van der Waals surface area contributed by atoms with Crippen molar-refractivity contribution in [1.82, 2.24) is 15.3 Å². The molecule has 3 aromatic heterocycles. The van der Waals surface area contributed by atoms with Crippen LogP contribution in [0.3, 0.4) is 0 Å². The Morgan fingerprint density at radius 1 is 1.27 bits per heavy atom. The van der Waals surface area contributed by atoms with Gasteiger partial charge in [0, 0.05) is 39.5 Å². The van der Waals surface area contributed by atoms with Gasteiger partial charge in [-0.25, -0.2) is 4.98 Å². The molecule has 5 rings (SSSR count). The van der Waals surface area contributed by atoms with E-state index in [1.807, 2.05) is 29.6 Å². The van der Waals surface area contributed by atoms with Crippen molar-refractivity contribution in [3.8, 4) is 10.4 Å². The van der Waals surface area contributed by atoms with Gasteiger partial charge in [0.25, 0.3) is 11.5 Å². The van der Waals surface area contributed by atoms with E-state index in [-0.39, 0.29) is 17.6 Å². The summed E-state index contributed by atoms with van der Waals surface area (Å²) in [5, 5.41) is 8.83. The number of anilines is 1. The Morgan fingerprint density at radius 2 is 2.15 bits per heavy atom. The largest absolute Gasteiger partial charge is 0.377 e. The molecule has 0 radical (unpaired) electrons. The molecule has 0 spiro atoms. The van der Waals surface area contributed by atoms with Crippen molar-refractivity contribution < 1.29 is 9.53 Å². The van der Waals surface area contributed by atoms with Gasteiger partial charge in [0.05, 0.1) is 23.6 Å². The molecule has 1 saturated heterocycles. The van der Waals surface area contributed by atoms with Crippen molar-refractivity contribution in [3.63, 3.8) is 0 Å². The number of aryl methyl sites for hydroxylation is 1. The molecule has 170 valence electrons. The first kappa shape index (κ1) is 21.8. The lowest BCUT2D eigenvalue weighted by atomic mass is 10.1. The minimum Gasteiger partial charge on any atom is -0.377 e. The summed E-state index contributed by atoms with van der Waals surface area (Å²) in [5.41, 5.74) is 2.01. The minimum atomic E-state index is -0.153. The smallest absolute Gasteiger partial charge is 0.260 e. The molecular formula is C24H24N4O3S2. The molecule has 0 aliphatic carbocycles. The van der Waals surface area contributed by atoms with Crippen LogP contribution in [-0.4, -0.2) is 35.1 Å². The normalized spacial score (nSPS) is 15.7. The summed E-state index contributed by atoms with van der Waals surface area (Å²) >= 11 is 3.13. The number of ether oxygens (including phenoxy) is 1. The Hall–Kier alpha value is -3.01. The maximum Gasteiger partial charge on any atom is 0.260 e. The summed E-state index contributed by atoms with van der Waals surface area (Å²) < 4.78 is 5.58. The summed E-state index contributed by atoms with van der Waals surface area (Å²) in [6.07, 6.45) is 2.09. The summed E-state index contributed by atoms with van der Waals surface area (Å²) in [7, 11) is 0. The van der Waals surface area contributed by atoms with Gasteiger partial charge in [-0.2, -0.15) is 0 Å². The van der Waals surface area contributed by atoms with Crippen LogP contribution in [0.25, 0.3) is 20.7 Å². The second-order valence-electron chi connectivity index (χ2n) is 8.00. The highest BCUT2D eigenvalue weighted by atomic mass is 32.1. The maximum absolute atomic E-state index is 12.9. The topological polar surface area (TPSA) is 96.1 Å². The van der Waals surface area contributed by atoms with Crippen molar-refractivity contribution >= 4 is 44.5 Å². The molecule has 4 heterocycles. The average molecular weight is 481 g/mol. The van der Waals surface area contributed by atoms with Crippen LogP contribution in [0.15, 0.2) is 46.6 Å². The average Bonchev–Trinajstić information content (AvgIpc) is 3.57. The Bertz CT molecular complexity index is 1350. The van der Waals surface area contributed by atoms with Crippen molar-refractivity contribution in [1.29, 1.82) is 0 Å². The van der Waals surface area contributed by atoms with Crippen LogP contribution in [-0.2, 0) is 11.3 Å². The van der Waals surface area contributed by atoms with Crippen LogP contribution < -0.4 is 16.2 Å². The fourth-order valence-corrected chi connectivity index (χ4v) is 5.88. The summed E-state index contributed by atoms with van der Waals surface area (Å²) in [5.74, 6) is 0.373. The highest BCUT2D eigenvalue weighted by Gasteiger charge is 2.18. The van der Waals surface area contributed by atoms with Crippen LogP contribution in [0, 0.1) is 6.92 Å². The lowest BCUT2D eigenvalue weighted by Gasteiger charge is -2.14. The number of H-pyrrole nitrogens is 1. The zero-order valence-corrected chi connectivity index (χ0v) is 19.8. The lowest BCUT2D eigenvalue weighted by Crippen LogP contribution is -2.32. The number of para-hydroxylation sites is 1. The van der Waals surface area contributed by atoms with Gasteiger partial charge in [-0.3, -0.25) is 9.59 Å². The molecular weight excluding hydrogens is 456 g/mol. The number of amides is 1. The third-order valence-electron chi connectivity index (χ3n) is 5.63. The van der Waals surface area contributed by atoms with E-state index in [2.05, 4.69) is 33.6 Å². The van der Waals surface area contributed by atoms with Crippen LogP contribution in [0.5, 0.6) is 0 Å². The number of aromatic amines is 1. The number of rotatable bonds is 7. The number of carbonyl (C=O) groups excluding carboxylic acids is 1. The van der Waals surface area contributed by atoms with E-state index in [0.717, 1.165) is 29.9 Å². The number of hydrogen-bond donors (Lipinski definition) is 3. The number of thiophene rings is 2. The molecule has 4 aromatic rings. The van der Waals surface area contributed by atoms with E-state index in [4.69, 9.17) is 4.74 Å². The molecule has 1 atom stereocenters. The second-order valence-corrected chi connectivity index (χ2v) is 10.1. The standard InChI is InChI=1S/C24H24N4O3S2/c1-14-8-9-19(33-14)17-13-32-24-21(17)23(30)27-20(28-24)12-25-18-7-3-2-6-16(18)22(29)26-11-15-5-4-10-31-15/h2-3,6-9,13,15,25H,4-5,10-12H2,1H3,(H,26,29)(H,27,28,30). The molecule has 0 saturated carbocycles. The van der Waals surface area contributed by atoms with Gasteiger partial charge in [0.1, 0.15) is 10.7 Å². The summed E-state index contributed by atoms with van der Waals surface area (Å²) in [6.45, 7) is 3.61. The van der Waals surface area contributed by atoms with Crippen molar-refractivity contribution in [2.75, 3.05) is 18.5 Å². The Labute approximate surface area is 198 Å². The Kier molecular flexibility index (Phi) is 6.26. The molecule has 0 bridgehead atoms. The van der Waals surface area contributed by atoms with Crippen LogP contribution in [0.2, 0.25) is 0 Å². The predicted molar refractivity (Wildman–Crippen MR) is 133 cm³/mol. The third-order valence-corrected chi connectivity index (χ3v) is 7.54. The van der Waals surface area contributed by atoms with Crippen molar-refractivity contribution in [2.45, 2.75) is 32.4 Å². The number of nitrogens with zero attached hydrogens (tertiary/aromatic N) is 1. The molecule has 7 nitrogen and oxygen atoms in total. The Balaban J connectivity index is 1.32. The fraction of sp³-hybridized carbons (Fsp3) is 0.292. The van der Waals surface area contributed by atoms with E-state index in [1.54, 1.807) is 17.4 Å². The quantitative estimate of drug-likeness (QED) is 0.361. The monoisotopic (exact) mass is 480 g/mol. The van der Waals surface area contributed by atoms with Gasteiger partial charge >= 0.3 is 0 Å². The van der Waals surface area contributed by atoms with E-state index < -0.39 is 0 Å². The maximum atomic E-state index is 12.9. The molecule has 1 amide bonds. The highest BCUT2D eigenvalue weighted by Crippen LogP contribution is 2.35. The lowest BCUT2D eigenvalue weighted by molar-refractivity contribution is 0.0858. The number of fused-ring (bicyclic) bond motifs is 1. The molecule has 9 heteroatoms. The molecule has 1 unspecified atom stereocenters. The molecule has 1 aliphatic heterocycles. The highest BCUT2D eigenvalue weighted by molar-refractivity contribution is 7.19. The molecule has 33 heavy (non-hydrogen) atoms. The van der Waals surface area contributed by atoms with Crippen molar-refractivity contribution in [2.24, 2.45) is 0 Å². The number of benzene rings is 1. The van der Waals surface area contributed by atoms with E-state index in [0.29, 0.717) is 40.4 Å². The van der Waals surface area contributed by atoms with Gasteiger partial charge in [-0.05, 0) is 44.0 Å². The summed E-state index contributed by atoms with van der Waals surface area (Å²) in [4.78, 5) is 36.1. The van der Waals surface area contributed by atoms with E-state index >= 15 is 0 Å². The van der Waals surface area contributed by atoms with Crippen molar-refractivity contribution in [3.05, 3.63) is 68.4 Å². The van der Waals surface area contributed by atoms with Crippen LogP contribution in [0.1, 0.15) is 33.9 Å². The number of hydrogen-bond acceptors (Lipinski definition) is 7. The molecule has 3 N–H and O–H groups in total. The fourth-order valence-electron chi connectivity index (χ4n) is 3.96. The Morgan fingerprint density at radius 3 is 2.94 bits per heavy atom. The van der Waals surface area contributed by atoms with Crippen LogP contribution in [0.4, 0.5) is 5.69 Å². The van der Waals surface area contributed by atoms with Crippen LogP contribution >= 0.6 is 22.7 Å².